The SMILES string of the molecule is Ic1ccc2c(c1)nnn2CC1CCCC1. The van der Waals surface area contributed by atoms with Gasteiger partial charge < -0.3 is 0 Å². The fourth-order valence-corrected chi connectivity index (χ4v) is 2.99. The van der Waals surface area contributed by atoms with Gasteiger partial charge in [0.1, 0.15) is 5.52 Å². The summed E-state index contributed by atoms with van der Waals surface area (Å²) in [5.41, 5.74) is 2.19. The van der Waals surface area contributed by atoms with Crippen molar-refractivity contribution in [2.75, 3.05) is 0 Å². The van der Waals surface area contributed by atoms with Crippen molar-refractivity contribution in [1.29, 1.82) is 0 Å². The summed E-state index contributed by atoms with van der Waals surface area (Å²) in [7, 11) is 0. The van der Waals surface area contributed by atoms with Crippen molar-refractivity contribution in [3.8, 4) is 0 Å². The highest BCUT2D eigenvalue weighted by Gasteiger charge is 2.17. The van der Waals surface area contributed by atoms with Gasteiger partial charge in [-0.2, -0.15) is 0 Å². The van der Waals surface area contributed by atoms with Gasteiger partial charge in [0.2, 0.25) is 0 Å². The maximum absolute atomic E-state index is 4.26. The first-order valence-corrected chi connectivity index (χ1v) is 6.89. The fraction of sp³-hybridized carbons (Fsp3) is 0.500. The Hall–Kier alpha value is -0.650. The largest absolute Gasteiger partial charge is 0.244 e. The van der Waals surface area contributed by atoms with Crippen molar-refractivity contribution < 1.29 is 0 Å². The standard InChI is InChI=1S/C12H14IN3/c13-10-5-6-12-11(7-10)14-15-16(12)8-9-3-1-2-4-9/h5-7,9H,1-4,8H2. The number of hydrogen-bond acceptors (Lipinski definition) is 2. The highest BCUT2D eigenvalue weighted by Crippen LogP contribution is 2.27. The molecule has 0 bridgehead atoms. The van der Waals surface area contributed by atoms with Crippen LogP contribution >= 0.6 is 22.6 Å². The summed E-state index contributed by atoms with van der Waals surface area (Å²) in [4.78, 5) is 0. The summed E-state index contributed by atoms with van der Waals surface area (Å²) in [5, 5.41) is 8.49. The van der Waals surface area contributed by atoms with Crippen molar-refractivity contribution in [3.63, 3.8) is 0 Å². The molecule has 0 saturated heterocycles. The molecule has 1 aliphatic rings. The van der Waals surface area contributed by atoms with Gasteiger partial charge in [-0.15, -0.1) is 5.10 Å². The minimum atomic E-state index is 0.809. The summed E-state index contributed by atoms with van der Waals surface area (Å²) in [6.07, 6.45) is 5.47. The van der Waals surface area contributed by atoms with E-state index in [0.29, 0.717) is 0 Å². The molecule has 1 aliphatic carbocycles. The second-order valence-corrected chi connectivity index (χ2v) is 5.80. The Morgan fingerprint density at radius 3 is 2.94 bits per heavy atom. The molecule has 1 aromatic carbocycles. The second kappa shape index (κ2) is 4.31. The zero-order chi connectivity index (χ0) is 11.0. The summed E-state index contributed by atoms with van der Waals surface area (Å²) in [6.45, 7) is 1.04. The highest BCUT2D eigenvalue weighted by atomic mass is 127. The molecule has 0 atom stereocenters. The van der Waals surface area contributed by atoms with Crippen LogP contribution in [0.1, 0.15) is 25.7 Å². The summed E-state index contributed by atoms with van der Waals surface area (Å²) in [5.74, 6) is 0.809. The zero-order valence-electron chi connectivity index (χ0n) is 9.06. The van der Waals surface area contributed by atoms with Crippen molar-refractivity contribution >= 4 is 33.6 Å². The van der Waals surface area contributed by atoms with Gasteiger partial charge >= 0.3 is 0 Å². The second-order valence-electron chi connectivity index (χ2n) is 4.56. The number of hydrogen-bond donors (Lipinski definition) is 0. The van der Waals surface area contributed by atoms with Gasteiger partial charge in [-0.05, 0) is 59.5 Å². The lowest BCUT2D eigenvalue weighted by Crippen LogP contribution is -2.08. The Balaban J connectivity index is 1.91. The third-order valence-electron chi connectivity index (χ3n) is 3.38. The van der Waals surface area contributed by atoms with Gasteiger partial charge in [0.05, 0.1) is 5.52 Å². The van der Waals surface area contributed by atoms with E-state index < -0.39 is 0 Å². The molecular weight excluding hydrogens is 313 g/mol. The molecule has 0 radical (unpaired) electrons. The van der Waals surface area contributed by atoms with Crippen LogP contribution in [0.15, 0.2) is 18.2 Å². The van der Waals surface area contributed by atoms with Crippen molar-refractivity contribution in [2.45, 2.75) is 32.2 Å². The lowest BCUT2D eigenvalue weighted by molar-refractivity contribution is 0.430. The minimum Gasteiger partial charge on any atom is -0.244 e. The first kappa shape index (κ1) is 10.5. The van der Waals surface area contributed by atoms with Gasteiger partial charge in [0.15, 0.2) is 0 Å². The quantitative estimate of drug-likeness (QED) is 0.793. The van der Waals surface area contributed by atoms with Crippen LogP contribution in [-0.4, -0.2) is 15.0 Å². The molecule has 0 unspecified atom stereocenters. The van der Waals surface area contributed by atoms with E-state index in [1.807, 2.05) is 0 Å². The van der Waals surface area contributed by atoms with Gasteiger partial charge in [-0.3, -0.25) is 0 Å². The van der Waals surface area contributed by atoms with Crippen molar-refractivity contribution in [3.05, 3.63) is 21.8 Å². The first-order valence-electron chi connectivity index (χ1n) is 5.82. The predicted octanol–water partition coefficient (Wildman–Crippen LogP) is 3.23. The molecule has 1 fully saturated rings. The molecule has 3 rings (SSSR count). The molecule has 4 heteroatoms. The van der Waals surface area contributed by atoms with E-state index in [0.717, 1.165) is 18.0 Å². The normalized spacial score (nSPS) is 17.3. The molecule has 1 heterocycles. The van der Waals surface area contributed by atoms with Crippen LogP contribution in [0, 0.1) is 9.49 Å². The summed E-state index contributed by atoms with van der Waals surface area (Å²) >= 11 is 2.31. The van der Waals surface area contributed by atoms with E-state index in [1.54, 1.807) is 0 Å². The predicted molar refractivity (Wildman–Crippen MR) is 72.2 cm³/mol. The Bertz CT molecular complexity index is 500. The number of nitrogens with zero attached hydrogens (tertiary/aromatic N) is 3. The van der Waals surface area contributed by atoms with Crippen LogP contribution in [0.3, 0.4) is 0 Å². The smallest absolute Gasteiger partial charge is 0.114 e. The van der Waals surface area contributed by atoms with Crippen LogP contribution < -0.4 is 0 Å². The molecular formula is C12H14IN3. The fourth-order valence-electron chi connectivity index (χ4n) is 2.52. The number of benzene rings is 1. The topological polar surface area (TPSA) is 30.7 Å². The van der Waals surface area contributed by atoms with E-state index in [-0.39, 0.29) is 0 Å². The number of halogens is 1. The lowest BCUT2D eigenvalue weighted by atomic mass is 10.1. The van der Waals surface area contributed by atoms with E-state index in [2.05, 4.69) is 55.8 Å². The Morgan fingerprint density at radius 2 is 2.12 bits per heavy atom. The molecule has 3 nitrogen and oxygen atoms in total. The van der Waals surface area contributed by atoms with Crippen LogP contribution in [0.4, 0.5) is 0 Å². The third-order valence-corrected chi connectivity index (χ3v) is 4.05. The van der Waals surface area contributed by atoms with E-state index in [9.17, 15) is 0 Å². The van der Waals surface area contributed by atoms with Crippen molar-refractivity contribution in [2.24, 2.45) is 5.92 Å². The van der Waals surface area contributed by atoms with E-state index in [4.69, 9.17) is 0 Å². The summed E-state index contributed by atoms with van der Waals surface area (Å²) < 4.78 is 3.29. The maximum atomic E-state index is 4.26. The Morgan fingerprint density at radius 1 is 1.31 bits per heavy atom. The van der Waals surface area contributed by atoms with Crippen molar-refractivity contribution in [1.82, 2.24) is 15.0 Å². The number of fused-ring (bicyclic) bond motifs is 1. The molecule has 0 N–H and O–H groups in total. The van der Waals surface area contributed by atoms with Gasteiger partial charge in [0, 0.05) is 10.1 Å². The average molecular weight is 327 g/mol. The minimum absolute atomic E-state index is 0.809. The molecule has 84 valence electrons. The molecule has 1 saturated carbocycles. The molecule has 0 aliphatic heterocycles. The molecule has 1 aromatic heterocycles. The first-order chi connectivity index (χ1) is 7.83. The third kappa shape index (κ3) is 1.95. The van der Waals surface area contributed by atoms with E-state index in [1.165, 1.54) is 34.8 Å². The van der Waals surface area contributed by atoms with Gasteiger partial charge in [-0.25, -0.2) is 4.68 Å². The molecule has 2 aromatic rings. The number of rotatable bonds is 2. The van der Waals surface area contributed by atoms with Crippen LogP contribution in [0.5, 0.6) is 0 Å². The van der Waals surface area contributed by atoms with E-state index >= 15 is 0 Å². The Kier molecular flexibility index (Phi) is 2.83. The highest BCUT2D eigenvalue weighted by molar-refractivity contribution is 14.1. The van der Waals surface area contributed by atoms with Gasteiger partial charge in [-0.1, -0.05) is 18.1 Å². The monoisotopic (exact) mass is 327 g/mol. The lowest BCUT2D eigenvalue weighted by Gasteiger charge is -2.08. The van der Waals surface area contributed by atoms with Crippen LogP contribution in [-0.2, 0) is 6.54 Å². The summed E-state index contributed by atoms with van der Waals surface area (Å²) in [6, 6.07) is 6.34. The molecule has 16 heavy (non-hydrogen) atoms. The number of aromatic nitrogens is 3. The van der Waals surface area contributed by atoms with Crippen LogP contribution in [0.2, 0.25) is 0 Å². The van der Waals surface area contributed by atoms with Crippen LogP contribution in [0.25, 0.3) is 11.0 Å². The van der Waals surface area contributed by atoms with Gasteiger partial charge in [0.25, 0.3) is 0 Å². The molecule has 0 spiro atoms. The Labute approximate surface area is 108 Å². The average Bonchev–Trinajstić information content (AvgIpc) is 2.89. The zero-order valence-corrected chi connectivity index (χ0v) is 11.2. The molecule has 0 amide bonds. The maximum Gasteiger partial charge on any atom is 0.114 e.